The molecule has 3 aromatic rings. The molecule has 2 aliphatic heterocycles. The lowest BCUT2D eigenvalue weighted by Gasteiger charge is -2.35. The maximum absolute atomic E-state index is 13.9. The molecule has 0 saturated carbocycles. The normalized spacial score (nSPS) is 20.3. The van der Waals surface area contributed by atoms with E-state index in [0.29, 0.717) is 40.2 Å². The van der Waals surface area contributed by atoms with E-state index in [9.17, 15) is 9.59 Å². The smallest absolute Gasteiger partial charge is 0.246 e. The third-order valence-electron chi connectivity index (χ3n) is 8.38. The monoisotopic (exact) mass is 545 g/mol. The van der Waals surface area contributed by atoms with Crippen molar-refractivity contribution in [2.75, 3.05) is 39.3 Å². The van der Waals surface area contributed by atoms with Gasteiger partial charge in [0, 0.05) is 68.7 Å². The highest BCUT2D eigenvalue weighted by molar-refractivity contribution is 6.39. The van der Waals surface area contributed by atoms with Crippen molar-refractivity contribution in [1.29, 1.82) is 0 Å². The zero-order chi connectivity index (χ0) is 27.9. The molecule has 1 saturated heterocycles. The molecule has 7 nitrogen and oxygen atoms in total. The van der Waals surface area contributed by atoms with Gasteiger partial charge in [-0.3, -0.25) is 19.4 Å². The fourth-order valence-electron chi connectivity index (χ4n) is 6.21. The molecule has 4 aliphatic rings. The Morgan fingerprint density at radius 3 is 2.29 bits per heavy atom. The number of allylic oxidation sites excluding steroid dienone is 1. The number of hydrogen-bond donors (Lipinski definition) is 2. The molecule has 2 N–H and O–H groups in total. The van der Waals surface area contributed by atoms with Gasteiger partial charge in [0.1, 0.15) is 5.57 Å². The zero-order valence-electron chi connectivity index (χ0n) is 23.2. The van der Waals surface area contributed by atoms with Gasteiger partial charge in [-0.15, -0.1) is 0 Å². The third-order valence-corrected chi connectivity index (χ3v) is 8.38. The summed E-state index contributed by atoms with van der Waals surface area (Å²) < 4.78 is 6.37. The number of ether oxygens (including phenoxy) is 1. The zero-order valence-corrected chi connectivity index (χ0v) is 23.2. The van der Waals surface area contributed by atoms with Crippen LogP contribution in [0.3, 0.4) is 0 Å². The lowest BCUT2D eigenvalue weighted by atomic mass is 9.76. The predicted octanol–water partition coefficient (Wildman–Crippen LogP) is 2.59. The molecule has 206 valence electrons. The number of fused-ring (bicyclic) bond motifs is 4. The van der Waals surface area contributed by atoms with Gasteiger partial charge in [-0.25, -0.2) is 4.99 Å². The lowest BCUT2D eigenvalue weighted by molar-refractivity contribution is -0.363. The summed E-state index contributed by atoms with van der Waals surface area (Å²) >= 11 is 0. The Morgan fingerprint density at radius 1 is 0.854 bits per heavy atom. The van der Waals surface area contributed by atoms with E-state index < -0.39 is 6.10 Å². The summed E-state index contributed by atoms with van der Waals surface area (Å²) in [5.41, 5.74) is 6.26. The van der Waals surface area contributed by atoms with Crippen LogP contribution in [0.4, 0.5) is 5.69 Å². The number of Topliss-reactive ketones (excluding diaryl/α,β-unsaturated/α-hetero) is 2. The van der Waals surface area contributed by atoms with Crippen molar-refractivity contribution < 1.29 is 19.3 Å². The molecular formula is C34H33N4O3+. The number of hydrogen-bond acceptors (Lipinski definition) is 6. The SMILES string of the molecule is Cc1ccc2c(c1)[NH+]=C1C3=C(C(=O)c4ccccc4C3=O)C(NCCN3CCN(Cc4ccccc4)CC3)=CC1O2. The average Bonchev–Trinajstić information content (AvgIpc) is 3.00. The summed E-state index contributed by atoms with van der Waals surface area (Å²) in [6.07, 6.45) is 1.45. The van der Waals surface area contributed by atoms with E-state index in [-0.39, 0.29) is 11.6 Å². The van der Waals surface area contributed by atoms with Gasteiger partial charge >= 0.3 is 0 Å². The highest BCUT2D eigenvalue weighted by Gasteiger charge is 2.46. The summed E-state index contributed by atoms with van der Waals surface area (Å²) in [6, 6.07) is 23.6. The van der Waals surface area contributed by atoms with Crippen molar-refractivity contribution in [3.05, 3.63) is 118 Å². The second kappa shape index (κ2) is 10.6. The molecule has 3 aromatic carbocycles. The number of ketones is 2. The minimum absolute atomic E-state index is 0.133. The molecule has 0 amide bonds. The predicted molar refractivity (Wildman–Crippen MR) is 158 cm³/mol. The molecular weight excluding hydrogens is 512 g/mol. The van der Waals surface area contributed by atoms with Crippen LogP contribution in [0.1, 0.15) is 31.8 Å². The molecule has 0 radical (unpaired) electrons. The van der Waals surface area contributed by atoms with Crippen LogP contribution in [0.2, 0.25) is 0 Å². The average molecular weight is 546 g/mol. The van der Waals surface area contributed by atoms with Gasteiger partial charge in [0.25, 0.3) is 0 Å². The van der Waals surface area contributed by atoms with Gasteiger partial charge < -0.3 is 10.1 Å². The standard InChI is InChI=1S/C34H32N4O3/c1-22-11-12-28-26(19-22)36-32-29(41-28)20-27(30-31(32)34(40)25-10-6-5-9-24(25)33(30)39)35-13-14-37-15-17-38(18-16-37)21-23-7-3-2-4-8-23/h2-12,19-20,29,35H,13-18,21H2,1H3/p+1. The second-order valence-corrected chi connectivity index (χ2v) is 11.1. The highest BCUT2D eigenvalue weighted by Crippen LogP contribution is 2.36. The van der Waals surface area contributed by atoms with Crippen LogP contribution in [-0.2, 0) is 6.54 Å². The maximum atomic E-state index is 13.9. The van der Waals surface area contributed by atoms with Gasteiger partial charge in [-0.1, -0.05) is 60.7 Å². The van der Waals surface area contributed by atoms with E-state index >= 15 is 0 Å². The second-order valence-electron chi connectivity index (χ2n) is 11.1. The molecule has 1 atom stereocenters. The van der Waals surface area contributed by atoms with Crippen LogP contribution in [0.15, 0.2) is 95.7 Å². The highest BCUT2D eigenvalue weighted by atomic mass is 16.5. The summed E-state index contributed by atoms with van der Waals surface area (Å²) in [5, 5.41) is 3.52. The lowest BCUT2D eigenvalue weighted by Crippen LogP contribution is -2.73. The summed E-state index contributed by atoms with van der Waals surface area (Å²) in [5.74, 6) is 0.447. The fourth-order valence-corrected chi connectivity index (χ4v) is 6.21. The Morgan fingerprint density at radius 2 is 1.54 bits per heavy atom. The molecule has 1 unspecified atom stereocenters. The first-order valence-corrected chi connectivity index (χ1v) is 14.3. The van der Waals surface area contributed by atoms with Crippen LogP contribution in [0.5, 0.6) is 5.75 Å². The Balaban J connectivity index is 1.10. The number of carbonyl (C=O) groups excluding carboxylic acids is 2. The molecule has 7 rings (SSSR count). The van der Waals surface area contributed by atoms with Crippen LogP contribution < -0.4 is 15.0 Å². The van der Waals surface area contributed by atoms with Crippen molar-refractivity contribution in [2.24, 2.45) is 0 Å². The van der Waals surface area contributed by atoms with Crippen LogP contribution in [-0.4, -0.2) is 72.5 Å². The van der Waals surface area contributed by atoms with Gasteiger partial charge in [-0.2, -0.15) is 0 Å². The van der Waals surface area contributed by atoms with E-state index in [4.69, 9.17) is 4.74 Å². The van der Waals surface area contributed by atoms with Crippen molar-refractivity contribution in [2.45, 2.75) is 19.6 Å². The number of nitrogens with zero attached hydrogens (tertiary/aromatic N) is 2. The minimum Gasteiger partial charge on any atom is -0.468 e. The first-order valence-electron chi connectivity index (χ1n) is 14.3. The minimum atomic E-state index is -0.491. The molecule has 0 spiro atoms. The van der Waals surface area contributed by atoms with Crippen molar-refractivity contribution in [1.82, 2.24) is 15.1 Å². The Labute approximate surface area is 239 Å². The third kappa shape index (κ3) is 4.81. The van der Waals surface area contributed by atoms with Crippen LogP contribution >= 0.6 is 0 Å². The Hall–Kier alpha value is -4.33. The van der Waals surface area contributed by atoms with E-state index in [1.165, 1.54) is 5.56 Å². The topological polar surface area (TPSA) is 75.9 Å². The Kier molecular flexibility index (Phi) is 6.61. The van der Waals surface area contributed by atoms with Crippen molar-refractivity contribution in [3.63, 3.8) is 0 Å². The summed E-state index contributed by atoms with van der Waals surface area (Å²) in [6.45, 7) is 8.54. The molecule has 0 bridgehead atoms. The van der Waals surface area contributed by atoms with Crippen LogP contribution in [0.25, 0.3) is 0 Å². The van der Waals surface area contributed by atoms with E-state index in [0.717, 1.165) is 56.3 Å². The van der Waals surface area contributed by atoms with Crippen molar-refractivity contribution in [3.8, 4) is 5.75 Å². The van der Waals surface area contributed by atoms with Gasteiger partial charge in [0.2, 0.25) is 23.3 Å². The summed E-state index contributed by atoms with van der Waals surface area (Å²) in [7, 11) is 0. The molecule has 0 aromatic heterocycles. The summed E-state index contributed by atoms with van der Waals surface area (Å²) in [4.78, 5) is 36.1. The maximum Gasteiger partial charge on any atom is 0.246 e. The van der Waals surface area contributed by atoms with Crippen LogP contribution in [0, 0.1) is 6.92 Å². The fraction of sp³-hybridized carbons (Fsp3) is 0.265. The largest absolute Gasteiger partial charge is 0.468 e. The number of benzene rings is 3. The number of rotatable bonds is 6. The number of nitrogens with one attached hydrogen (secondary N) is 2. The number of carbonyl (C=O) groups is 2. The first kappa shape index (κ1) is 25.6. The molecule has 2 heterocycles. The first-order chi connectivity index (χ1) is 20.0. The van der Waals surface area contributed by atoms with Gasteiger partial charge in [0.15, 0.2) is 11.5 Å². The van der Waals surface area contributed by atoms with Gasteiger partial charge in [0.05, 0.1) is 5.57 Å². The molecule has 1 fully saturated rings. The number of piperazine rings is 1. The molecule has 2 aliphatic carbocycles. The van der Waals surface area contributed by atoms with Gasteiger partial charge in [-0.05, 0) is 30.2 Å². The molecule has 41 heavy (non-hydrogen) atoms. The quantitative estimate of drug-likeness (QED) is 0.496. The van der Waals surface area contributed by atoms with E-state index in [1.54, 1.807) is 18.2 Å². The van der Waals surface area contributed by atoms with E-state index in [1.807, 2.05) is 37.3 Å². The Bertz CT molecular complexity index is 1630. The number of aryl methyl sites for hydroxylation is 1. The van der Waals surface area contributed by atoms with E-state index in [2.05, 4.69) is 50.4 Å². The van der Waals surface area contributed by atoms with Crippen molar-refractivity contribution >= 4 is 23.0 Å². The molecule has 7 heteroatoms.